The van der Waals surface area contributed by atoms with Gasteiger partial charge in [0, 0.05) is 44.0 Å². The molecular formula is C17H27N5O3. The molecular weight excluding hydrogens is 322 g/mol. The molecule has 1 saturated heterocycles. The van der Waals surface area contributed by atoms with Gasteiger partial charge in [-0.2, -0.15) is 5.10 Å². The van der Waals surface area contributed by atoms with Gasteiger partial charge < -0.3 is 10.4 Å². The normalized spacial score (nSPS) is 20.5. The highest BCUT2D eigenvalue weighted by Crippen LogP contribution is 2.23. The van der Waals surface area contributed by atoms with Crippen molar-refractivity contribution >= 4 is 17.7 Å². The van der Waals surface area contributed by atoms with Crippen LogP contribution < -0.4 is 5.32 Å². The molecule has 1 amide bonds. The van der Waals surface area contributed by atoms with E-state index in [9.17, 15) is 9.59 Å². The lowest BCUT2D eigenvalue weighted by molar-refractivity contribution is -0.136. The minimum Gasteiger partial charge on any atom is -0.481 e. The molecule has 2 aliphatic rings. The van der Waals surface area contributed by atoms with Gasteiger partial charge in [-0.15, -0.1) is 0 Å². The third kappa shape index (κ3) is 5.27. The first-order valence-corrected chi connectivity index (χ1v) is 9.12. The Labute approximate surface area is 147 Å². The molecule has 138 valence electrons. The summed E-state index contributed by atoms with van der Waals surface area (Å²) in [5.41, 5.74) is 0.476. The van der Waals surface area contributed by atoms with Crippen LogP contribution in [-0.2, 0) is 16.0 Å². The first-order valence-electron chi connectivity index (χ1n) is 9.12. The predicted octanol–water partition coefficient (Wildman–Crippen LogP) is 0.926. The van der Waals surface area contributed by atoms with Crippen LogP contribution in [0.4, 0.5) is 5.82 Å². The number of anilines is 1. The summed E-state index contributed by atoms with van der Waals surface area (Å²) in [6, 6.07) is 2.30. The smallest absolute Gasteiger partial charge is 0.309 e. The summed E-state index contributed by atoms with van der Waals surface area (Å²) in [7, 11) is 0. The van der Waals surface area contributed by atoms with Crippen molar-refractivity contribution in [3.63, 3.8) is 0 Å². The van der Waals surface area contributed by atoms with E-state index in [-0.39, 0.29) is 12.3 Å². The maximum atomic E-state index is 12.2. The second kappa shape index (κ2) is 8.44. The summed E-state index contributed by atoms with van der Waals surface area (Å²) in [5, 5.41) is 18.0. The van der Waals surface area contributed by atoms with Gasteiger partial charge in [0.05, 0.1) is 13.0 Å². The Morgan fingerprint density at radius 1 is 1.20 bits per heavy atom. The number of hydrogen-bond donors (Lipinski definition) is 3. The van der Waals surface area contributed by atoms with Crippen LogP contribution in [0.1, 0.15) is 37.8 Å². The Hall–Kier alpha value is -1.93. The van der Waals surface area contributed by atoms with Gasteiger partial charge in [-0.1, -0.05) is 19.3 Å². The van der Waals surface area contributed by atoms with Crippen LogP contribution in [0.15, 0.2) is 6.07 Å². The molecule has 0 spiro atoms. The number of aromatic nitrogens is 2. The Balaban J connectivity index is 1.40. The van der Waals surface area contributed by atoms with Crippen LogP contribution in [0.2, 0.25) is 0 Å². The molecule has 25 heavy (non-hydrogen) atoms. The fourth-order valence-corrected chi connectivity index (χ4v) is 3.80. The van der Waals surface area contributed by atoms with Crippen molar-refractivity contribution in [1.29, 1.82) is 0 Å². The average Bonchev–Trinajstić information content (AvgIpc) is 3.02. The monoisotopic (exact) mass is 349 g/mol. The fraction of sp³-hybridized carbons (Fsp3) is 0.706. The van der Waals surface area contributed by atoms with E-state index in [4.69, 9.17) is 5.11 Å². The van der Waals surface area contributed by atoms with Crippen molar-refractivity contribution < 1.29 is 14.7 Å². The van der Waals surface area contributed by atoms with Gasteiger partial charge in [0.25, 0.3) is 0 Å². The number of nitrogens with one attached hydrogen (secondary N) is 2. The summed E-state index contributed by atoms with van der Waals surface area (Å²) in [6.45, 7) is 4.23. The molecule has 8 nitrogen and oxygen atoms in total. The van der Waals surface area contributed by atoms with Gasteiger partial charge in [-0.3, -0.25) is 24.5 Å². The molecule has 1 aliphatic carbocycles. The van der Waals surface area contributed by atoms with Crippen molar-refractivity contribution in [3.05, 3.63) is 11.8 Å². The Morgan fingerprint density at radius 2 is 1.92 bits per heavy atom. The van der Waals surface area contributed by atoms with E-state index in [1.807, 2.05) is 0 Å². The first kappa shape index (κ1) is 17.9. The zero-order chi connectivity index (χ0) is 17.6. The Kier molecular flexibility index (Phi) is 6.04. The van der Waals surface area contributed by atoms with Crippen molar-refractivity contribution in [2.75, 3.05) is 38.0 Å². The number of amides is 1. The van der Waals surface area contributed by atoms with E-state index in [1.165, 1.54) is 32.1 Å². The minimum absolute atomic E-state index is 0.112. The molecule has 0 radical (unpaired) electrons. The molecule has 0 bridgehead atoms. The number of nitrogens with zero attached hydrogens (tertiary/aromatic N) is 3. The van der Waals surface area contributed by atoms with Crippen LogP contribution >= 0.6 is 0 Å². The number of carbonyl (C=O) groups is 2. The van der Waals surface area contributed by atoms with Crippen LogP contribution in [0.3, 0.4) is 0 Å². The molecule has 1 aromatic rings. The predicted molar refractivity (Wildman–Crippen MR) is 93.4 cm³/mol. The van der Waals surface area contributed by atoms with Gasteiger partial charge in [0.2, 0.25) is 5.91 Å². The third-order valence-electron chi connectivity index (χ3n) is 5.11. The maximum absolute atomic E-state index is 12.2. The largest absolute Gasteiger partial charge is 0.481 e. The third-order valence-corrected chi connectivity index (χ3v) is 5.11. The second-order valence-corrected chi connectivity index (χ2v) is 7.00. The van der Waals surface area contributed by atoms with Crippen LogP contribution in [0, 0.1) is 0 Å². The molecule has 2 fully saturated rings. The van der Waals surface area contributed by atoms with E-state index >= 15 is 0 Å². The quantitative estimate of drug-likeness (QED) is 0.706. The standard InChI is InChI=1S/C17H27N5O3/c23-16(18-15-10-13(19-20-15)11-17(24)25)12-21-6-8-22(9-7-21)14-4-2-1-3-5-14/h10,14H,1-9,11-12H2,(H,24,25)(H2,18,19,20,23). The highest BCUT2D eigenvalue weighted by atomic mass is 16.4. The van der Waals surface area contributed by atoms with Crippen molar-refractivity contribution in [2.45, 2.75) is 44.6 Å². The molecule has 3 N–H and O–H groups in total. The molecule has 0 aromatic carbocycles. The highest BCUT2D eigenvalue weighted by molar-refractivity contribution is 5.91. The number of carboxylic acids is 1. The number of carbonyl (C=O) groups excluding carboxylic acids is 1. The van der Waals surface area contributed by atoms with Crippen molar-refractivity contribution in [3.8, 4) is 0 Å². The molecule has 0 atom stereocenters. The van der Waals surface area contributed by atoms with Gasteiger partial charge >= 0.3 is 5.97 Å². The van der Waals surface area contributed by atoms with Crippen molar-refractivity contribution in [2.24, 2.45) is 0 Å². The molecule has 8 heteroatoms. The van der Waals surface area contributed by atoms with Gasteiger partial charge in [-0.05, 0) is 12.8 Å². The van der Waals surface area contributed by atoms with E-state index in [0.717, 1.165) is 32.2 Å². The molecule has 1 aromatic heterocycles. The first-order chi connectivity index (χ1) is 12.1. The van der Waals surface area contributed by atoms with Crippen LogP contribution in [-0.4, -0.2) is 75.7 Å². The minimum atomic E-state index is -0.933. The van der Waals surface area contributed by atoms with Gasteiger partial charge in [0.15, 0.2) is 5.82 Å². The number of aliphatic carboxylic acids is 1. The average molecular weight is 349 g/mol. The highest BCUT2D eigenvalue weighted by Gasteiger charge is 2.25. The molecule has 1 saturated carbocycles. The van der Waals surface area contributed by atoms with E-state index in [1.54, 1.807) is 6.07 Å². The topological polar surface area (TPSA) is 102 Å². The summed E-state index contributed by atoms with van der Waals surface area (Å²) in [4.78, 5) is 27.6. The molecule has 1 aliphatic heterocycles. The van der Waals surface area contributed by atoms with Crippen molar-refractivity contribution in [1.82, 2.24) is 20.0 Å². The lowest BCUT2D eigenvalue weighted by Gasteiger charge is -2.40. The van der Waals surface area contributed by atoms with Gasteiger partial charge in [0.1, 0.15) is 0 Å². The lowest BCUT2D eigenvalue weighted by atomic mass is 9.94. The molecule has 0 unspecified atom stereocenters. The van der Waals surface area contributed by atoms with Gasteiger partial charge in [-0.25, -0.2) is 0 Å². The summed E-state index contributed by atoms with van der Waals surface area (Å²) < 4.78 is 0. The van der Waals surface area contributed by atoms with E-state index < -0.39 is 5.97 Å². The number of hydrogen-bond acceptors (Lipinski definition) is 5. The summed E-state index contributed by atoms with van der Waals surface area (Å²) in [6.07, 6.45) is 6.57. The summed E-state index contributed by atoms with van der Waals surface area (Å²) in [5.74, 6) is -0.668. The van der Waals surface area contributed by atoms with Crippen LogP contribution in [0.25, 0.3) is 0 Å². The Morgan fingerprint density at radius 3 is 2.60 bits per heavy atom. The number of rotatable bonds is 6. The lowest BCUT2D eigenvalue weighted by Crippen LogP contribution is -2.52. The Bertz CT molecular complexity index is 589. The number of aromatic amines is 1. The van der Waals surface area contributed by atoms with E-state index in [0.29, 0.717) is 18.1 Å². The second-order valence-electron chi connectivity index (χ2n) is 7.00. The van der Waals surface area contributed by atoms with Crippen LogP contribution in [0.5, 0.6) is 0 Å². The zero-order valence-electron chi connectivity index (χ0n) is 14.5. The SMILES string of the molecule is O=C(O)Cc1cc(NC(=O)CN2CCN(C3CCCCC3)CC2)n[nH]1. The fourth-order valence-electron chi connectivity index (χ4n) is 3.80. The maximum Gasteiger partial charge on any atom is 0.309 e. The number of H-pyrrole nitrogens is 1. The zero-order valence-corrected chi connectivity index (χ0v) is 14.5. The molecule has 3 rings (SSSR count). The van der Waals surface area contributed by atoms with E-state index in [2.05, 4.69) is 25.3 Å². The summed E-state index contributed by atoms with van der Waals surface area (Å²) >= 11 is 0. The number of piperazine rings is 1. The molecule has 2 heterocycles. The number of carboxylic acid groups (broad SMARTS) is 1.